The van der Waals surface area contributed by atoms with Gasteiger partial charge >= 0.3 is 0 Å². The highest BCUT2D eigenvalue weighted by Crippen LogP contribution is 2.23. The molecule has 0 fully saturated rings. The number of hydrogen-bond donors (Lipinski definition) is 2. The number of thiazole rings is 1. The lowest BCUT2D eigenvalue weighted by Crippen LogP contribution is -2.39. The second kappa shape index (κ2) is 8.81. The molecular formula is C21H26N4S. The van der Waals surface area contributed by atoms with Crippen LogP contribution in [-0.4, -0.2) is 24.0 Å². The lowest BCUT2D eigenvalue weighted by atomic mass is 10.00. The highest BCUT2D eigenvalue weighted by molar-refractivity contribution is 7.11. The number of nitrogens with one attached hydrogen (secondary N) is 2. The van der Waals surface area contributed by atoms with Crippen molar-refractivity contribution in [2.45, 2.75) is 33.2 Å². The highest BCUT2D eigenvalue weighted by atomic mass is 32.1. The van der Waals surface area contributed by atoms with Gasteiger partial charge in [-0.25, -0.2) is 4.98 Å². The van der Waals surface area contributed by atoms with Crippen molar-refractivity contribution in [3.05, 3.63) is 64.1 Å². The molecule has 2 aromatic carbocycles. The molecule has 1 unspecified atom stereocenters. The Morgan fingerprint density at radius 3 is 2.77 bits per heavy atom. The monoisotopic (exact) mass is 366 g/mol. The van der Waals surface area contributed by atoms with Crippen LogP contribution in [0.25, 0.3) is 10.8 Å². The van der Waals surface area contributed by atoms with Gasteiger partial charge < -0.3 is 10.6 Å². The minimum Gasteiger partial charge on any atom is -0.357 e. The van der Waals surface area contributed by atoms with E-state index in [1.807, 2.05) is 6.20 Å². The Morgan fingerprint density at radius 1 is 1.19 bits per heavy atom. The first-order valence-corrected chi connectivity index (χ1v) is 9.93. The Kier molecular flexibility index (Phi) is 6.23. The molecule has 3 rings (SSSR count). The fraction of sp³-hybridized carbons (Fsp3) is 0.333. The third-order valence-electron chi connectivity index (χ3n) is 4.25. The summed E-state index contributed by atoms with van der Waals surface area (Å²) < 4.78 is 0. The van der Waals surface area contributed by atoms with Gasteiger partial charge in [-0.15, -0.1) is 11.3 Å². The van der Waals surface area contributed by atoms with Gasteiger partial charge in [0.2, 0.25) is 0 Å². The van der Waals surface area contributed by atoms with E-state index in [9.17, 15) is 0 Å². The van der Waals surface area contributed by atoms with Crippen molar-refractivity contribution in [2.75, 3.05) is 13.1 Å². The first-order chi connectivity index (χ1) is 12.7. The van der Waals surface area contributed by atoms with Gasteiger partial charge in [-0.05, 0) is 37.1 Å². The van der Waals surface area contributed by atoms with Gasteiger partial charge in [0.1, 0.15) is 0 Å². The summed E-state index contributed by atoms with van der Waals surface area (Å²) in [5.74, 6) is 0.848. The number of benzene rings is 2. The van der Waals surface area contributed by atoms with Crippen molar-refractivity contribution < 1.29 is 0 Å². The molecule has 3 aromatic rings. The molecule has 26 heavy (non-hydrogen) atoms. The normalized spacial score (nSPS) is 13.0. The van der Waals surface area contributed by atoms with Crippen LogP contribution in [0.5, 0.6) is 0 Å². The fourth-order valence-corrected chi connectivity index (χ4v) is 3.79. The molecule has 0 aliphatic heterocycles. The fourth-order valence-electron chi connectivity index (χ4n) is 3.01. The van der Waals surface area contributed by atoms with Crippen LogP contribution >= 0.6 is 11.3 Å². The van der Waals surface area contributed by atoms with Crippen molar-refractivity contribution >= 4 is 28.1 Å². The molecule has 0 aliphatic carbocycles. The lowest BCUT2D eigenvalue weighted by molar-refractivity contribution is 0.691. The van der Waals surface area contributed by atoms with E-state index in [0.717, 1.165) is 30.5 Å². The molecule has 0 aliphatic rings. The van der Waals surface area contributed by atoms with Crippen molar-refractivity contribution in [3.8, 4) is 0 Å². The van der Waals surface area contributed by atoms with Crippen molar-refractivity contribution in [1.82, 2.24) is 15.6 Å². The Morgan fingerprint density at radius 2 is 2.00 bits per heavy atom. The molecule has 1 heterocycles. The molecule has 0 bridgehead atoms. The molecule has 0 saturated heterocycles. The van der Waals surface area contributed by atoms with E-state index in [1.54, 1.807) is 11.3 Å². The molecule has 0 spiro atoms. The summed E-state index contributed by atoms with van der Waals surface area (Å²) in [7, 11) is 0. The standard InChI is InChI=1S/C21H26N4S/c1-4-22-21(23-13-12-20-24-14-15(2)26-20)25-16(3)18-11-7-9-17-8-5-6-10-19(17)18/h5-11,14,16H,4,12-13H2,1-3H3,(H2,22,23,25). The van der Waals surface area contributed by atoms with Gasteiger partial charge in [0.15, 0.2) is 5.96 Å². The Labute approximate surface area is 159 Å². The largest absolute Gasteiger partial charge is 0.357 e. The van der Waals surface area contributed by atoms with E-state index in [0.29, 0.717) is 0 Å². The highest BCUT2D eigenvalue weighted by Gasteiger charge is 2.11. The van der Waals surface area contributed by atoms with Crippen LogP contribution < -0.4 is 10.6 Å². The topological polar surface area (TPSA) is 49.3 Å². The molecule has 136 valence electrons. The van der Waals surface area contributed by atoms with E-state index in [-0.39, 0.29) is 6.04 Å². The average molecular weight is 367 g/mol. The summed E-state index contributed by atoms with van der Waals surface area (Å²) in [6.07, 6.45) is 2.80. The van der Waals surface area contributed by atoms with E-state index in [1.165, 1.54) is 21.2 Å². The molecule has 0 saturated carbocycles. The summed E-state index contributed by atoms with van der Waals surface area (Å²) in [5.41, 5.74) is 1.28. The maximum Gasteiger partial charge on any atom is 0.191 e. The summed E-state index contributed by atoms with van der Waals surface area (Å²) in [6.45, 7) is 7.92. The van der Waals surface area contributed by atoms with E-state index in [4.69, 9.17) is 4.99 Å². The Balaban J connectivity index is 1.70. The summed E-state index contributed by atoms with van der Waals surface area (Å²) >= 11 is 1.74. The quantitative estimate of drug-likeness (QED) is 0.500. The Bertz CT molecular complexity index is 879. The van der Waals surface area contributed by atoms with Crippen LogP contribution in [0.1, 0.15) is 35.3 Å². The molecule has 5 heteroatoms. The van der Waals surface area contributed by atoms with Gasteiger partial charge in [0.05, 0.1) is 11.0 Å². The van der Waals surface area contributed by atoms with Crippen LogP contribution in [0, 0.1) is 6.92 Å². The third-order valence-corrected chi connectivity index (χ3v) is 5.22. The van der Waals surface area contributed by atoms with Gasteiger partial charge in [-0.3, -0.25) is 4.99 Å². The van der Waals surface area contributed by atoms with Crippen LogP contribution in [0.15, 0.2) is 53.7 Å². The van der Waals surface area contributed by atoms with Crippen molar-refractivity contribution in [1.29, 1.82) is 0 Å². The summed E-state index contributed by atoms with van der Waals surface area (Å²) in [6, 6.07) is 15.1. The maximum atomic E-state index is 4.72. The number of aromatic nitrogens is 1. The van der Waals surface area contributed by atoms with Crippen LogP contribution in [0.4, 0.5) is 0 Å². The first-order valence-electron chi connectivity index (χ1n) is 9.11. The smallest absolute Gasteiger partial charge is 0.191 e. The summed E-state index contributed by atoms with van der Waals surface area (Å²) in [5, 5.41) is 10.6. The number of aryl methyl sites for hydroxylation is 1. The van der Waals surface area contributed by atoms with Crippen LogP contribution in [0.2, 0.25) is 0 Å². The average Bonchev–Trinajstić information content (AvgIpc) is 3.06. The number of hydrogen-bond acceptors (Lipinski definition) is 3. The predicted octanol–water partition coefficient (Wildman–Crippen LogP) is 4.46. The molecule has 1 aromatic heterocycles. The number of fused-ring (bicyclic) bond motifs is 1. The number of guanidine groups is 1. The molecule has 0 amide bonds. The van der Waals surface area contributed by atoms with Crippen LogP contribution in [0.3, 0.4) is 0 Å². The zero-order valence-corrected chi connectivity index (χ0v) is 16.4. The molecule has 4 nitrogen and oxygen atoms in total. The second-order valence-electron chi connectivity index (χ2n) is 6.31. The van der Waals surface area contributed by atoms with Gasteiger partial charge in [0, 0.05) is 30.6 Å². The first kappa shape index (κ1) is 18.4. The minimum absolute atomic E-state index is 0.168. The second-order valence-corrected chi connectivity index (χ2v) is 7.63. The van der Waals surface area contributed by atoms with Gasteiger partial charge in [-0.2, -0.15) is 0 Å². The molecule has 0 radical (unpaired) electrons. The van der Waals surface area contributed by atoms with Crippen molar-refractivity contribution in [2.24, 2.45) is 4.99 Å². The zero-order chi connectivity index (χ0) is 18.4. The van der Waals surface area contributed by atoms with Gasteiger partial charge in [-0.1, -0.05) is 42.5 Å². The molecule has 1 atom stereocenters. The predicted molar refractivity (Wildman–Crippen MR) is 112 cm³/mol. The maximum absolute atomic E-state index is 4.72. The van der Waals surface area contributed by atoms with Crippen LogP contribution in [-0.2, 0) is 6.42 Å². The van der Waals surface area contributed by atoms with E-state index in [2.05, 4.69) is 78.9 Å². The van der Waals surface area contributed by atoms with E-state index < -0.39 is 0 Å². The zero-order valence-electron chi connectivity index (χ0n) is 15.6. The van der Waals surface area contributed by atoms with Crippen molar-refractivity contribution in [3.63, 3.8) is 0 Å². The third kappa shape index (κ3) is 4.61. The molecular weight excluding hydrogens is 340 g/mol. The molecule has 2 N–H and O–H groups in total. The lowest BCUT2D eigenvalue weighted by Gasteiger charge is -2.19. The van der Waals surface area contributed by atoms with E-state index >= 15 is 0 Å². The number of rotatable bonds is 6. The number of aliphatic imine (C=N–C) groups is 1. The SMILES string of the molecule is CCNC(=NCCc1ncc(C)s1)NC(C)c1cccc2ccccc12. The minimum atomic E-state index is 0.168. The van der Waals surface area contributed by atoms with Gasteiger partial charge in [0.25, 0.3) is 0 Å². The summed E-state index contributed by atoms with van der Waals surface area (Å²) in [4.78, 5) is 10.4. The number of nitrogens with zero attached hydrogens (tertiary/aromatic N) is 2. The Hall–Kier alpha value is -2.40.